The summed E-state index contributed by atoms with van der Waals surface area (Å²) < 4.78 is 43.2. The number of nitrogens with one attached hydrogen (secondary N) is 2. The number of aromatic nitrogens is 4. The Morgan fingerprint density at radius 2 is 1.86 bits per heavy atom. The second-order valence-corrected chi connectivity index (χ2v) is 8.70. The molecule has 2 fully saturated rings. The van der Waals surface area contributed by atoms with Crippen LogP contribution in [0.5, 0.6) is 0 Å². The van der Waals surface area contributed by atoms with Gasteiger partial charge in [0.1, 0.15) is 23.1 Å². The van der Waals surface area contributed by atoms with Gasteiger partial charge in [-0.25, -0.2) is 9.97 Å². The van der Waals surface area contributed by atoms with E-state index in [1.807, 2.05) is 6.07 Å². The van der Waals surface area contributed by atoms with Crippen LogP contribution in [-0.2, 0) is 6.18 Å². The van der Waals surface area contributed by atoms with Crippen LogP contribution < -0.4 is 21.1 Å². The van der Waals surface area contributed by atoms with Gasteiger partial charge in [-0.3, -0.25) is 9.36 Å². The largest absolute Gasteiger partial charge is 0.418 e. The molecule has 0 aromatic carbocycles. The maximum atomic E-state index is 13.9. The summed E-state index contributed by atoms with van der Waals surface area (Å²) in [6.45, 7) is 2.10. The Hall–Kier alpha value is -3.72. The van der Waals surface area contributed by atoms with Crippen LogP contribution in [-0.4, -0.2) is 45.7 Å². The fourth-order valence-electron chi connectivity index (χ4n) is 4.78. The molecule has 0 unspecified atom stereocenters. The standard InChI is InChI=1S/C23H23F3N8O/c24-23(25,26)17-10-19(29-13-18(17)33-7-5-28-6-8-33)31-22-30-12-15-9-14(11-27)21(35)34(20(15)32-22)16-3-1-2-4-16/h9-10,12-13,16,28H,1-8H2,(H,29,30,31,32). The van der Waals surface area contributed by atoms with Crippen LogP contribution in [0.3, 0.4) is 0 Å². The number of hydrogen-bond acceptors (Lipinski definition) is 8. The van der Waals surface area contributed by atoms with Crippen molar-refractivity contribution in [2.45, 2.75) is 37.9 Å². The SMILES string of the molecule is N#Cc1cc2cnc(Nc3cc(C(F)(F)F)c(N4CCNCC4)cn3)nc2n(C2CCCC2)c1=O. The summed E-state index contributed by atoms with van der Waals surface area (Å²) >= 11 is 0. The molecule has 182 valence electrons. The molecule has 1 saturated heterocycles. The third-order valence-corrected chi connectivity index (χ3v) is 6.47. The summed E-state index contributed by atoms with van der Waals surface area (Å²) in [5.74, 6) is -0.0390. The van der Waals surface area contributed by atoms with E-state index < -0.39 is 17.3 Å². The molecule has 1 aliphatic heterocycles. The first-order valence-corrected chi connectivity index (χ1v) is 11.5. The molecule has 5 rings (SSSR count). The van der Waals surface area contributed by atoms with Gasteiger partial charge in [-0.2, -0.15) is 23.4 Å². The zero-order chi connectivity index (χ0) is 24.6. The molecule has 9 nitrogen and oxygen atoms in total. The molecule has 1 aliphatic carbocycles. The van der Waals surface area contributed by atoms with E-state index in [-0.39, 0.29) is 29.1 Å². The molecule has 12 heteroatoms. The van der Waals surface area contributed by atoms with Gasteiger partial charge in [-0.15, -0.1) is 0 Å². The maximum absolute atomic E-state index is 13.9. The maximum Gasteiger partial charge on any atom is 0.418 e. The first kappa shape index (κ1) is 23.0. The van der Waals surface area contributed by atoms with Crippen LogP contribution in [0, 0.1) is 11.3 Å². The van der Waals surface area contributed by atoms with E-state index in [0.717, 1.165) is 31.7 Å². The molecular formula is C23H23F3N8O. The Bertz CT molecular complexity index is 1350. The number of anilines is 3. The molecule has 4 heterocycles. The Labute approximate surface area is 198 Å². The van der Waals surface area contributed by atoms with Crippen LogP contribution in [0.15, 0.2) is 29.3 Å². The van der Waals surface area contributed by atoms with Crippen molar-refractivity contribution < 1.29 is 13.2 Å². The highest BCUT2D eigenvalue weighted by atomic mass is 19.4. The summed E-state index contributed by atoms with van der Waals surface area (Å²) in [6, 6.07) is 4.23. The molecule has 2 aliphatic rings. The lowest BCUT2D eigenvalue weighted by molar-refractivity contribution is -0.137. The van der Waals surface area contributed by atoms with Crippen LogP contribution in [0.2, 0.25) is 0 Å². The van der Waals surface area contributed by atoms with Gasteiger partial charge in [-0.05, 0) is 25.0 Å². The topological polar surface area (TPSA) is 112 Å². The fourth-order valence-corrected chi connectivity index (χ4v) is 4.78. The Kier molecular flexibility index (Phi) is 6.02. The lowest BCUT2D eigenvalue weighted by atomic mass is 10.1. The zero-order valence-electron chi connectivity index (χ0n) is 18.8. The van der Waals surface area contributed by atoms with E-state index in [2.05, 4.69) is 25.6 Å². The molecular weight excluding hydrogens is 461 g/mol. The number of fused-ring (bicyclic) bond motifs is 1. The average Bonchev–Trinajstić information content (AvgIpc) is 3.38. The number of nitriles is 1. The molecule has 35 heavy (non-hydrogen) atoms. The van der Waals surface area contributed by atoms with E-state index in [1.54, 1.807) is 4.90 Å². The summed E-state index contributed by atoms with van der Waals surface area (Å²) in [7, 11) is 0. The van der Waals surface area contributed by atoms with Crippen molar-refractivity contribution in [1.82, 2.24) is 24.8 Å². The molecule has 2 N–H and O–H groups in total. The normalized spacial score (nSPS) is 17.0. The Morgan fingerprint density at radius 1 is 1.11 bits per heavy atom. The van der Waals surface area contributed by atoms with E-state index in [9.17, 15) is 23.2 Å². The third-order valence-electron chi connectivity index (χ3n) is 6.47. The van der Waals surface area contributed by atoms with Crippen LogP contribution >= 0.6 is 0 Å². The van der Waals surface area contributed by atoms with Gasteiger partial charge in [0.2, 0.25) is 5.95 Å². The zero-order valence-corrected chi connectivity index (χ0v) is 18.8. The summed E-state index contributed by atoms with van der Waals surface area (Å²) in [5, 5.41) is 15.8. The number of halogens is 3. The van der Waals surface area contributed by atoms with Crippen molar-refractivity contribution in [1.29, 1.82) is 5.26 Å². The highest BCUT2D eigenvalue weighted by molar-refractivity contribution is 5.77. The molecule has 1 saturated carbocycles. The Morgan fingerprint density at radius 3 is 2.54 bits per heavy atom. The number of alkyl halides is 3. The number of rotatable bonds is 4. The number of piperazine rings is 1. The number of pyridine rings is 2. The molecule has 0 radical (unpaired) electrons. The monoisotopic (exact) mass is 484 g/mol. The molecule has 3 aromatic heterocycles. The minimum absolute atomic E-state index is 0.00805. The molecule has 0 atom stereocenters. The summed E-state index contributed by atoms with van der Waals surface area (Å²) in [6.07, 6.45) is 1.62. The van der Waals surface area contributed by atoms with Gasteiger partial charge in [0.05, 0.1) is 17.4 Å². The van der Waals surface area contributed by atoms with Crippen molar-refractivity contribution in [3.8, 4) is 6.07 Å². The molecule has 0 spiro atoms. The predicted molar refractivity (Wildman–Crippen MR) is 124 cm³/mol. The number of nitrogens with zero attached hydrogens (tertiary/aromatic N) is 6. The van der Waals surface area contributed by atoms with Crippen molar-refractivity contribution in [3.05, 3.63) is 46.0 Å². The average molecular weight is 484 g/mol. The molecule has 0 amide bonds. The van der Waals surface area contributed by atoms with Gasteiger partial charge in [0, 0.05) is 43.8 Å². The third kappa shape index (κ3) is 4.51. The van der Waals surface area contributed by atoms with Crippen molar-refractivity contribution in [3.63, 3.8) is 0 Å². The number of hydrogen-bond donors (Lipinski definition) is 2. The summed E-state index contributed by atoms with van der Waals surface area (Å²) in [5.41, 5.74) is -0.836. The van der Waals surface area contributed by atoms with Gasteiger partial charge in [0.25, 0.3) is 5.56 Å². The van der Waals surface area contributed by atoms with Crippen LogP contribution in [0.1, 0.15) is 42.9 Å². The quantitative estimate of drug-likeness (QED) is 0.580. The smallest absolute Gasteiger partial charge is 0.367 e. The van der Waals surface area contributed by atoms with Crippen molar-refractivity contribution in [2.24, 2.45) is 0 Å². The van der Waals surface area contributed by atoms with Crippen LogP contribution in [0.4, 0.5) is 30.6 Å². The van der Waals surface area contributed by atoms with Gasteiger partial charge in [-0.1, -0.05) is 12.8 Å². The molecule has 3 aromatic rings. The van der Waals surface area contributed by atoms with E-state index in [1.165, 1.54) is 23.0 Å². The van der Waals surface area contributed by atoms with Crippen molar-refractivity contribution in [2.75, 3.05) is 36.4 Å². The van der Waals surface area contributed by atoms with Crippen LogP contribution in [0.25, 0.3) is 11.0 Å². The minimum Gasteiger partial charge on any atom is -0.367 e. The van der Waals surface area contributed by atoms with E-state index in [4.69, 9.17) is 0 Å². The second-order valence-electron chi connectivity index (χ2n) is 8.70. The first-order chi connectivity index (χ1) is 16.8. The second kappa shape index (κ2) is 9.14. The lowest BCUT2D eigenvalue weighted by Crippen LogP contribution is -2.44. The lowest BCUT2D eigenvalue weighted by Gasteiger charge is -2.31. The first-order valence-electron chi connectivity index (χ1n) is 11.5. The van der Waals surface area contributed by atoms with E-state index in [0.29, 0.717) is 37.2 Å². The van der Waals surface area contributed by atoms with Gasteiger partial charge < -0.3 is 15.5 Å². The Balaban J connectivity index is 1.53. The highest BCUT2D eigenvalue weighted by Crippen LogP contribution is 2.38. The van der Waals surface area contributed by atoms with Gasteiger partial charge >= 0.3 is 6.18 Å². The van der Waals surface area contributed by atoms with Gasteiger partial charge in [0.15, 0.2) is 0 Å². The molecule has 0 bridgehead atoms. The predicted octanol–water partition coefficient (Wildman–Crippen LogP) is 3.35. The highest BCUT2D eigenvalue weighted by Gasteiger charge is 2.36. The minimum atomic E-state index is -4.57. The summed E-state index contributed by atoms with van der Waals surface area (Å²) in [4.78, 5) is 27.4. The fraction of sp³-hybridized carbons (Fsp3) is 0.435. The van der Waals surface area contributed by atoms with E-state index >= 15 is 0 Å². The van der Waals surface area contributed by atoms with Crippen molar-refractivity contribution >= 4 is 28.5 Å².